The van der Waals surface area contributed by atoms with Gasteiger partial charge in [0.15, 0.2) is 0 Å². The minimum Gasteiger partial charge on any atom is -0.463 e. The van der Waals surface area contributed by atoms with Crippen molar-refractivity contribution in [1.82, 2.24) is 10.2 Å². The molecule has 2 aromatic rings. The number of benzene rings is 2. The average Bonchev–Trinajstić information content (AvgIpc) is 3.10. The molecular formula is C40H54N2O5. The largest absolute Gasteiger partial charge is 0.463 e. The molecule has 0 bridgehead atoms. The fraction of sp³-hybridized carbons (Fsp3) is 0.525. The van der Waals surface area contributed by atoms with Crippen molar-refractivity contribution in [2.45, 2.75) is 102 Å². The lowest BCUT2D eigenvalue weighted by molar-refractivity contribution is -0.150. The van der Waals surface area contributed by atoms with Crippen molar-refractivity contribution in [3.05, 3.63) is 96.6 Å². The molecule has 4 atom stereocenters. The van der Waals surface area contributed by atoms with Crippen LogP contribution in [0.1, 0.15) is 87.3 Å². The lowest BCUT2D eigenvalue weighted by Crippen LogP contribution is -2.48. The first-order valence-electron chi connectivity index (χ1n) is 17.6. The molecule has 0 spiro atoms. The molecule has 1 aliphatic heterocycles. The highest BCUT2D eigenvalue weighted by molar-refractivity contribution is 5.86. The summed E-state index contributed by atoms with van der Waals surface area (Å²) in [5.74, 6) is -1.04. The summed E-state index contributed by atoms with van der Waals surface area (Å²) in [6.45, 7) is 8.07. The van der Waals surface area contributed by atoms with Crippen LogP contribution in [0.5, 0.6) is 0 Å². The van der Waals surface area contributed by atoms with Crippen LogP contribution in [-0.4, -0.2) is 53.1 Å². The van der Waals surface area contributed by atoms with Crippen LogP contribution in [0, 0.1) is 17.8 Å². The van der Waals surface area contributed by atoms with E-state index < -0.39 is 5.92 Å². The van der Waals surface area contributed by atoms with E-state index in [1.54, 1.807) is 11.0 Å². The van der Waals surface area contributed by atoms with E-state index in [-0.39, 0.29) is 55.4 Å². The van der Waals surface area contributed by atoms with Gasteiger partial charge in [0.1, 0.15) is 6.61 Å². The molecule has 1 heterocycles. The Hall–Kier alpha value is -3.71. The number of aliphatic hydroxyl groups excluding tert-OH is 1. The maximum Gasteiger partial charge on any atom is 0.309 e. The Kier molecular flexibility index (Phi) is 14.8. The zero-order valence-electron chi connectivity index (χ0n) is 28.0. The number of rotatable bonds is 18. The maximum absolute atomic E-state index is 13.8. The Morgan fingerprint density at radius 2 is 1.68 bits per heavy atom. The lowest BCUT2D eigenvalue weighted by atomic mass is 9.84. The number of ether oxygens (including phenoxy) is 1. The number of unbranched alkanes of at least 4 members (excludes halogenated alkanes) is 1. The fourth-order valence-electron chi connectivity index (χ4n) is 7.18. The fourth-order valence-corrected chi connectivity index (χ4v) is 7.18. The molecule has 47 heavy (non-hydrogen) atoms. The minimum atomic E-state index is -0.606. The van der Waals surface area contributed by atoms with Crippen LogP contribution in [0.4, 0.5) is 0 Å². The second-order valence-corrected chi connectivity index (χ2v) is 13.4. The van der Waals surface area contributed by atoms with Gasteiger partial charge in [0.25, 0.3) is 0 Å². The third-order valence-electron chi connectivity index (χ3n) is 9.86. The number of amides is 2. The van der Waals surface area contributed by atoms with E-state index in [1.807, 2.05) is 60.7 Å². The number of allylic oxidation sites excluding steroid dienone is 2. The van der Waals surface area contributed by atoms with E-state index in [2.05, 4.69) is 18.5 Å². The van der Waals surface area contributed by atoms with Crippen LogP contribution in [0.15, 0.2) is 79.9 Å². The first kappa shape index (κ1) is 36.1. The van der Waals surface area contributed by atoms with Gasteiger partial charge in [-0.1, -0.05) is 98.9 Å². The summed E-state index contributed by atoms with van der Waals surface area (Å²) in [6.07, 6.45) is 14.0. The average molecular weight is 643 g/mol. The number of nitrogens with zero attached hydrogens (tertiary/aromatic N) is 1. The van der Waals surface area contributed by atoms with Gasteiger partial charge in [-0.2, -0.15) is 0 Å². The number of hydrogen-bond donors (Lipinski definition) is 2. The van der Waals surface area contributed by atoms with Gasteiger partial charge in [-0.15, -0.1) is 13.2 Å². The number of esters is 1. The predicted molar refractivity (Wildman–Crippen MR) is 186 cm³/mol. The number of fused-ring (bicyclic) bond motifs is 1. The summed E-state index contributed by atoms with van der Waals surface area (Å²) in [5.41, 5.74) is 3.31. The van der Waals surface area contributed by atoms with Crippen LogP contribution in [0.25, 0.3) is 0 Å². The van der Waals surface area contributed by atoms with Gasteiger partial charge < -0.3 is 20.1 Å². The van der Waals surface area contributed by atoms with Crippen molar-refractivity contribution >= 4 is 17.8 Å². The Balaban J connectivity index is 1.42. The lowest BCUT2D eigenvalue weighted by Gasteiger charge is -2.37. The molecule has 1 aliphatic carbocycles. The highest BCUT2D eigenvalue weighted by Gasteiger charge is 2.33. The molecule has 2 amide bonds. The molecule has 4 rings (SSSR count). The molecule has 1 fully saturated rings. The van der Waals surface area contributed by atoms with E-state index in [1.165, 1.54) is 19.3 Å². The van der Waals surface area contributed by atoms with Crippen molar-refractivity contribution in [2.75, 3.05) is 13.2 Å². The zero-order chi connectivity index (χ0) is 33.4. The van der Waals surface area contributed by atoms with Crippen LogP contribution < -0.4 is 5.32 Å². The molecular weight excluding hydrogens is 588 g/mol. The Bertz CT molecular complexity index is 1300. The van der Waals surface area contributed by atoms with Gasteiger partial charge in [-0.05, 0) is 67.6 Å². The van der Waals surface area contributed by atoms with Crippen LogP contribution in [0.2, 0.25) is 0 Å². The third-order valence-corrected chi connectivity index (χ3v) is 9.86. The molecule has 1 saturated carbocycles. The number of hydrogen-bond acceptors (Lipinski definition) is 5. The zero-order valence-corrected chi connectivity index (χ0v) is 28.0. The third kappa shape index (κ3) is 11.2. The van der Waals surface area contributed by atoms with Crippen molar-refractivity contribution in [1.29, 1.82) is 0 Å². The van der Waals surface area contributed by atoms with Crippen molar-refractivity contribution in [3.63, 3.8) is 0 Å². The molecule has 254 valence electrons. The molecule has 0 saturated heterocycles. The van der Waals surface area contributed by atoms with Gasteiger partial charge in [0.05, 0.1) is 30.5 Å². The summed E-state index contributed by atoms with van der Waals surface area (Å²) in [4.78, 5) is 42.7. The van der Waals surface area contributed by atoms with Gasteiger partial charge in [0.2, 0.25) is 11.8 Å². The highest BCUT2D eigenvalue weighted by Crippen LogP contribution is 2.29. The molecule has 0 radical (unpaired) electrons. The van der Waals surface area contributed by atoms with E-state index in [4.69, 9.17) is 4.74 Å². The molecule has 7 heteroatoms. The maximum atomic E-state index is 13.8. The minimum absolute atomic E-state index is 0.0227. The smallest absolute Gasteiger partial charge is 0.309 e. The number of aliphatic hydroxyl groups is 1. The van der Waals surface area contributed by atoms with Gasteiger partial charge in [0, 0.05) is 13.0 Å². The molecule has 7 nitrogen and oxygen atoms in total. The first-order valence-corrected chi connectivity index (χ1v) is 17.6. The number of carbonyl (C=O) groups is 3. The quantitative estimate of drug-likeness (QED) is 0.107. The summed E-state index contributed by atoms with van der Waals surface area (Å²) < 4.78 is 5.99. The predicted octanol–water partition coefficient (Wildman–Crippen LogP) is 6.73. The number of nitrogens with one attached hydrogen (secondary N) is 1. The van der Waals surface area contributed by atoms with Gasteiger partial charge in [-0.25, -0.2) is 0 Å². The van der Waals surface area contributed by atoms with E-state index in [0.717, 1.165) is 48.8 Å². The molecule has 2 aliphatic rings. The summed E-state index contributed by atoms with van der Waals surface area (Å²) in [6, 6.07) is 17.3. The van der Waals surface area contributed by atoms with E-state index in [9.17, 15) is 19.5 Å². The molecule has 2 N–H and O–H groups in total. The Morgan fingerprint density at radius 3 is 2.38 bits per heavy atom. The van der Waals surface area contributed by atoms with Gasteiger partial charge >= 0.3 is 5.97 Å². The molecule has 2 aromatic carbocycles. The van der Waals surface area contributed by atoms with E-state index >= 15 is 0 Å². The van der Waals surface area contributed by atoms with Crippen LogP contribution in [-0.2, 0) is 38.5 Å². The standard InChI is InChI=1S/C40H54N2O5/c1-3-5-8-21-34(23-30-16-9-6-10-17-30)40(46)47-29-36(24-31-18-11-7-12-19-31)41-39(45)33(15-4-2)26-38(44)42-27-35-22-14-13-20-32(35)25-37(42)28-43/h3-4,6,9-10,13-14,16-17,20,22,31,33-34,36-37,43H,1-2,5,7-8,11-12,15,18-19,21,23-29H2,(H,41,45). The van der Waals surface area contributed by atoms with Gasteiger partial charge in [-0.3, -0.25) is 14.4 Å². The first-order chi connectivity index (χ1) is 22.9. The normalized spacial score (nSPS) is 18.3. The van der Waals surface area contributed by atoms with Crippen LogP contribution in [0.3, 0.4) is 0 Å². The molecule has 4 unspecified atom stereocenters. The Labute approximate surface area is 281 Å². The van der Waals surface area contributed by atoms with Crippen molar-refractivity contribution in [3.8, 4) is 0 Å². The van der Waals surface area contributed by atoms with Crippen molar-refractivity contribution in [2.24, 2.45) is 17.8 Å². The summed E-state index contributed by atoms with van der Waals surface area (Å²) in [5, 5.41) is 13.3. The summed E-state index contributed by atoms with van der Waals surface area (Å²) in [7, 11) is 0. The molecule has 0 aromatic heterocycles. The summed E-state index contributed by atoms with van der Waals surface area (Å²) >= 11 is 0. The van der Waals surface area contributed by atoms with E-state index in [0.29, 0.717) is 38.1 Å². The van der Waals surface area contributed by atoms with Crippen LogP contribution >= 0.6 is 0 Å². The topological polar surface area (TPSA) is 95.9 Å². The monoisotopic (exact) mass is 642 g/mol. The van der Waals surface area contributed by atoms with Crippen molar-refractivity contribution < 1.29 is 24.2 Å². The number of carbonyl (C=O) groups excluding carboxylic acids is 3. The Morgan fingerprint density at radius 1 is 0.957 bits per heavy atom. The second-order valence-electron chi connectivity index (χ2n) is 13.4. The highest BCUT2D eigenvalue weighted by atomic mass is 16.5. The SMILES string of the molecule is C=CCCCC(Cc1ccccc1)C(=O)OCC(CC1CCCCC1)NC(=O)C(CC=C)CC(=O)N1Cc2ccccc2CC1CO. The second kappa shape index (κ2) is 19.2.